The van der Waals surface area contributed by atoms with E-state index in [1.807, 2.05) is 32.0 Å². The van der Waals surface area contributed by atoms with Gasteiger partial charge in [-0.15, -0.1) is 0 Å². The molecule has 3 rings (SSSR count). The zero-order valence-corrected chi connectivity index (χ0v) is 16.3. The molecule has 0 aliphatic heterocycles. The fourth-order valence-electron chi connectivity index (χ4n) is 2.88. The van der Waals surface area contributed by atoms with Gasteiger partial charge in [-0.05, 0) is 67.6 Å². The van der Waals surface area contributed by atoms with Gasteiger partial charge < -0.3 is 4.74 Å². The van der Waals surface area contributed by atoms with Gasteiger partial charge in [0.05, 0.1) is 10.2 Å². The maximum absolute atomic E-state index is 12.2. The number of carbonyl (C=O) groups is 1. The molecule has 0 atom stereocenters. The van der Waals surface area contributed by atoms with Crippen molar-refractivity contribution < 1.29 is 9.53 Å². The van der Waals surface area contributed by atoms with E-state index in [2.05, 4.69) is 35.4 Å². The number of hydrogen-bond donors (Lipinski definition) is 1. The number of carbonyl (C=O) groups excluding carboxylic acids is 1. The van der Waals surface area contributed by atoms with Gasteiger partial charge in [0.25, 0.3) is 5.91 Å². The Morgan fingerprint density at radius 3 is 2.65 bits per heavy atom. The predicted octanol–water partition coefficient (Wildman–Crippen LogP) is 5.27. The van der Waals surface area contributed by atoms with Crippen LogP contribution in [-0.2, 0) is 11.2 Å². The van der Waals surface area contributed by atoms with Crippen molar-refractivity contribution in [1.29, 1.82) is 0 Å². The van der Waals surface area contributed by atoms with E-state index in [0.717, 1.165) is 27.8 Å². The van der Waals surface area contributed by atoms with Gasteiger partial charge in [-0.3, -0.25) is 10.1 Å². The minimum Gasteiger partial charge on any atom is -0.484 e. The standard InChI is InChI=1S/C21H24N2O2S/c1-4-5-6-16-7-8-18-19(12-16)26-21(22-18)23-20(24)13-25-17-10-14(2)9-15(3)11-17/h7-12H,4-6,13H2,1-3H3,(H,22,23,24). The molecule has 3 aromatic rings. The van der Waals surface area contributed by atoms with Gasteiger partial charge in [0, 0.05) is 0 Å². The Balaban J connectivity index is 1.61. The molecule has 0 fully saturated rings. The monoisotopic (exact) mass is 368 g/mol. The number of thiazole rings is 1. The number of nitrogens with one attached hydrogen (secondary N) is 1. The van der Waals surface area contributed by atoms with E-state index >= 15 is 0 Å². The molecule has 1 N–H and O–H groups in total. The van der Waals surface area contributed by atoms with Crippen molar-refractivity contribution in [3.63, 3.8) is 0 Å². The van der Waals surface area contributed by atoms with Crippen LogP contribution in [0.25, 0.3) is 10.2 Å². The summed E-state index contributed by atoms with van der Waals surface area (Å²) in [6.45, 7) is 6.19. The van der Waals surface area contributed by atoms with Crippen molar-refractivity contribution in [2.45, 2.75) is 40.0 Å². The first-order valence-corrected chi connectivity index (χ1v) is 9.75. The van der Waals surface area contributed by atoms with Crippen molar-refractivity contribution in [3.8, 4) is 5.75 Å². The molecule has 1 amide bonds. The normalized spacial score (nSPS) is 10.9. The van der Waals surface area contributed by atoms with Crippen LogP contribution in [0.15, 0.2) is 36.4 Å². The van der Waals surface area contributed by atoms with Crippen LogP contribution in [0, 0.1) is 13.8 Å². The molecule has 0 aliphatic carbocycles. The lowest BCUT2D eigenvalue weighted by Crippen LogP contribution is -2.20. The molecule has 2 aromatic carbocycles. The lowest BCUT2D eigenvalue weighted by Gasteiger charge is -2.07. The van der Waals surface area contributed by atoms with E-state index in [9.17, 15) is 4.79 Å². The Kier molecular flexibility index (Phi) is 5.89. The summed E-state index contributed by atoms with van der Waals surface area (Å²) in [6.07, 6.45) is 3.45. The van der Waals surface area contributed by atoms with E-state index in [0.29, 0.717) is 10.9 Å². The summed E-state index contributed by atoms with van der Waals surface area (Å²) in [4.78, 5) is 16.7. The minimum atomic E-state index is -0.200. The summed E-state index contributed by atoms with van der Waals surface area (Å²) in [5.41, 5.74) is 4.47. The van der Waals surface area contributed by atoms with E-state index in [1.54, 1.807) is 0 Å². The maximum atomic E-state index is 12.2. The number of amides is 1. The third kappa shape index (κ3) is 4.82. The Hall–Kier alpha value is -2.40. The zero-order chi connectivity index (χ0) is 18.5. The SMILES string of the molecule is CCCCc1ccc2nc(NC(=O)COc3cc(C)cc(C)c3)sc2c1. The second-order valence-corrected chi connectivity index (χ2v) is 7.62. The first kappa shape index (κ1) is 18.4. The van der Waals surface area contributed by atoms with Crippen LogP contribution in [-0.4, -0.2) is 17.5 Å². The van der Waals surface area contributed by atoms with Crippen LogP contribution in [0.5, 0.6) is 5.75 Å². The number of anilines is 1. The summed E-state index contributed by atoms with van der Waals surface area (Å²) in [6, 6.07) is 12.2. The van der Waals surface area contributed by atoms with E-state index in [-0.39, 0.29) is 12.5 Å². The predicted molar refractivity (Wildman–Crippen MR) is 108 cm³/mol. The van der Waals surface area contributed by atoms with Gasteiger partial charge in [-0.25, -0.2) is 4.98 Å². The third-order valence-corrected chi connectivity index (χ3v) is 5.02. The molecular weight excluding hydrogens is 344 g/mol. The lowest BCUT2D eigenvalue weighted by atomic mass is 10.1. The van der Waals surface area contributed by atoms with Crippen LogP contribution in [0.1, 0.15) is 36.5 Å². The quantitative estimate of drug-likeness (QED) is 0.618. The Bertz CT molecular complexity index is 897. The van der Waals surface area contributed by atoms with E-state index < -0.39 is 0 Å². The highest BCUT2D eigenvalue weighted by Gasteiger charge is 2.09. The molecule has 0 bridgehead atoms. The van der Waals surface area contributed by atoms with Crippen molar-refractivity contribution in [1.82, 2.24) is 4.98 Å². The van der Waals surface area contributed by atoms with Gasteiger partial charge in [-0.2, -0.15) is 0 Å². The number of unbranched alkanes of at least 4 members (excludes halogenated alkanes) is 1. The Morgan fingerprint density at radius 2 is 1.92 bits per heavy atom. The third-order valence-electron chi connectivity index (χ3n) is 4.08. The van der Waals surface area contributed by atoms with Crippen molar-refractivity contribution in [3.05, 3.63) is 53.1 Å². The highest BCUT2D eigenvalue weighted by atomic mass is 32.1. The number of benzene rings is 2. The molecule has 0 unspecified atom stereocenters. The summed E-state index contributed by atoms with van der Waals surface area (Å²) in [5, 5.41) is 3.45. The fourth-order valence-corrected chi connectivity index (χ4v) is 3.83. The molecule has 0 saturated heterocycles. The summed E-state index contributed by atoms with van der Waals surface area (Å²) < 4.78 is 6.71. The second-order valence-electron chi connectivity index (χ2n) is 6.58. The Morgan fingerprint density at radius 1 is 1.15 bits per heavy atom. The molecule has 0 spiro atoms. The topological polar surface area (TPSA) is 51.2 Å². The molecular formula is C21H24N2O2S. The summed E-state index contributed by atoms with van der Waals surface area (Å²) >= 11 is 1.50. The van der Waals surface area contributed by atoms with Gasteiger partial charge in [-0.1, -0.05) is 36.8 Å². The first-order valence-electron chi connectivity index (χ1n) is 8.94. The number of aryl methyl sites for hydroxylation is 3. The van der Waals surface area contributed by atoms with Crippen molar-refractivity contribution >= 4 is 32.6 Å². The number of fused-ring (bicyclic) bond motifs is 1. The smallest absolute Gasteiger partial charge is 0.264 e. The summed E-state index contributed by atoms with van der Waals surface area (Å²) in [7, 11) is 0. The zero-order valence-electron chi connectivity index (χ0n) is 15.5. The van der Waals surface area contributed by atoms with E-state index in [1.165, 1.54) is 29.7 Å². The molecule has 0 radical (unpaired) electrons. The number of nitrogens with zero attached hydrogens (tertiary/aromatic N) is 1. The van der Waals surface area contributed by atoms with Crippen molar-refractivity contribution in [2.75, 3.05) is 11.9 Å². The first-order chi connectivity index (χ1) is 12.5. The van der Waals surface area contributed by atoms with Crippen LogP contribution >= 0.6 is 11.3 Å². The molecule has 0 aliphatic rings. The highest BCUT2D eigenvalue weighted by molar-refractivity contribution is 7.22. The van der Waals surface area contributed by atoms with Gasteiger partial charge >= 0.3 is 0 Å². The largest absolute Gasteiger partial charge is 0.484 e. The van der Waals surface area contributed by atoms with E-state index in [4.69, 9.17) is 4.74 Å². The molecule has 0 saturated carbocycles. The fraction of sp³-hybridized carbons (Fsp3) is 0.333. The second kappa shape index (κ2) is 8.32. The molecule has 26 heavy (non-hydrogen) atoms. The molecule has 1 heterocycles. The molecule has 136 valence electrons. The Labute approximate surface area is 158 Å². The summed E-state index contributed by atoms with van der Waals surface area (Å²) in [5.74, 6) is 0.511. The number of aromatic nitrogens is 1. The van der Waals surface area contributed by atoms with Crippen LogP contribution in [0.3, 0.4) is 0 Å². The van der Waals surface area contributed by atoms with Crippen LogP contribution < -0.4 is 10.1 Å². The average molecular weight is 369 g/mol. The minimum absolute atomic E-state index is 0.0272. The maximum Gasteiger partial charge on any atom is 0.264 e. The number of ether oxygens (including phenoxy) is 1. The number of hydrogen-bond acceptors (Lipinski definition) is 4. The van der Waals surface area contributed by atoms with Gasteiger partial charge in [0.15, 0.2) is 11.7 Å². The molecule has 5 heteroatoms. The average Bonchev–Trinajstić information content (AvgIpc) is 2.98. The lowest BCUT2D eigenvalue weighted by molar-refractivity contribution is -0.118. The van der Waals surface area contributed by atoms with Gasteiger partial charge in [0.2, 0.25) is 0 Å². The molecule has 1 aromatic heterocycles. The number of rotatable bonds is 7. The van der Waals surface area contributed by atoms with Crippen LogP contribution in [0.4, 0.5) is 5.13 Å². The molecule has 4 nitrogen and oxygen atoms in total. The van der Waals surface area contributed by atoms with Crippen molar-refractivity contribution in [2.24, 2.45) is 0 Å². The van der Waals surface area contributed by atoms with Crippen LogP contribution in [0.2, 0.25) is 0 Å². The highest BCUT2D eigenvalue weighted by Crippen LogP contribution is 2.27. The van der Waals surface area contributed by atoms with Gasteiger partial charge in [0.1, 0.15) is 5.75 Å².